The van der Waals surface area contributed by atoms with Crippen molar-refractivity contribution in [3.8, 4) is 11.1 Å². The second kappa shape index (κ2) is 13.6. The van der Waals surface area contributed by atoms with Gasteiger partial charge in [0.2, 0.25) is 0 Å². The molecule has 1 saturated heterocycles. The summed E-state index contributed by atoms with van der Waals surface area (Å²) in [5, 5.41) is 0. The van der Waals surface area contributed by atoms with Gasteiger partial charge in [0.15, 0.2) is 6.29 Å². The molecule has 2 aromatic rings. The number of unbranched alkanes of at least 4 members (excludes halogenated alkanes) is 4. The molecule has 2 nitrogen and oxygen atoms in total. The number of hydrogen-bond acceptors (Lipinski definition) is 2. The fourth-order valence-electron chi connectivity index (χ4n) is 6.22. The maximum atomic E-state index is 6.00. The molecule has 192 valence electrons. The molecule has 0 atom stereocenters. The van der Waals surface area contributed by atoms with E-state index in [0.29, 0.717) is 5.92 Å². The van der Waals surface area contributed by atoms with E-state index in [1.807, 2.05) is 0 Å². The summed E-state index contributed by atoms with van der Waals surface area (Å²) in [5.74, 6) is 2.27. The monoisotopic (exact) mass is 476 g/mol. The molecule has 2 aromatic carbocycles. The van der Waals surface area contributed by atoms with Crippen LogP contribution in [0.25, 0.3) is 11.1 Å². The molecule has 0 spiro atoms. The standard InChI is InChI=1S/C33H48O2/c1-4-6-7-8-9-11-26-12-14-28(15-13-26)31-20-21-32(25(3)22-31)29-16-18-30(19-17-29)33-34-23-27(10-5-2)24-35-33/h16-22,26-28,33H,4-15,23-24H2,1-3H3. The van der Waals surface area contributed by atoms with Gasteiger partial charge >= 0.3 is 0 Å². The Kier molecular flexibility index (Phi) is 10.3. The van der Waals surface area contributed by atoms with E-state index in [0.717, 1.165) is 30.6 Å². The van der Waals surface area contributed by atoms with Crippen LogP contribution in [-0.2, 0) is 9.47 Å². The van der Waals surface area contributed by atoms with Crippen LogP contribution in [0.2, 0.25) is 0 Å². The van der Waals surface area contributed by atoms with E-state index in [1.165, 1.54) is 93.7 Å². The maximum Gasteiger partial charge on any atom is 0.183 e. The normalized spacial score (nSPS) is 25.0. The second-order valence-corrected chi connectivity index (χ2v) is 11.3. The highest BCUT2D eigenvalue weighted by Crippen LogP contribution is 2.39. The summed E-state index contributed by atoms with van der Waals surface area (Å²) in [6.07, 6.45) is 16.3. The summed E-state index contributed by atoms with van der Waals surface area (Å²) in [6.45, 7) is 8.41. The predicted molar refractivity (Wildman–Crippen MR) is 148 cm³/mol. The van der Waals surface area contributed by atoms with Gasteiger partial charge in [0.25, 0.3) is 0 Å². The van der Waals surface area contributed by atoms with Gasteiger partial charge in [-0.1, -0.05) is 101 Å². The first-order chi connectivity index (χ1) is 17.2. The van der Waals surface area contributed by atoms with Gasteiger partial charge in [-0.25, -0.2) is 0 Å². The van der Waals surface area contributed by atoms with Gasteiger partial charge in [-0.15, -0.1) is 0 Å². The molecule has 2 aliphatic rings. The summed E-state index contributed by atoms with van der Waals surface area (Å²) in [5.41, 5.74) is 6.69. The highest BCUT2D eigenvalue weighted by Gasteiger charge is 2.24. The number of ether oxygens (including phenoxy) is 2. The van der Waals surface area contributed by atoms with Crippen molar-refractivity contribution in [2.45, 2.75) is 110 Å². The van der Waals surface area contributed by atoms with Gasteiger partial charge in [-0.3, -0.25) is 0 Å². The van der Waals surface area contributed by atoms with Crippen molar-refractivity contribution >= 4 is 0 Å². The molecule has 2 heteroatoms. The average Bonchev–Trinajstić information content (AvgIpc) is 2.90. The Hall–Kier alpha value is -1.64. The van der Waals surface area contributed by atoms with Crippen molar-refractivity contribution in [3.63, 3.8) is 0 Å². The van der Waals surface area contributed by atoms with Gasteiger partial charge in [0.05, 0.1) is 13.2 Å². The smallest absolute Gasteiger partial charge is 0.183 e. The largest absolute Gasteiger partial charge is 0.348 e. The van der Waals surface area contributed by atoms with Crippen LogP contribution >= 0.6 is 0 Å². The van der Waals surface area contributed by atoms with Crippen molar-refractivity contribution in [1.82, 2.24) is 0 Å². The summed E-state index contributed by atoms with van der Waals surface area (Å²) >= 11 is 0. The summed E-state index contributed by atoms with van der Waals surface area (Å²) in [4.78, 5) is 0. The molecule has 4 rings (SSSR count). The Balaban J connectivity index is 1.28. The van der Waals surface area contributed by atoms with E-state index in [-0.39, 0.29) is 6.29 Å². The summed E-state index contributed by atoms with van der Waals surface area (Å²) in [6, 6.07) is 16.0. The van der Waals surface area contributed by atoms with Crippen LogP contribution in [0.1, 0.15) is 120 Å². The first-order valence-corrected chi connectivity index (χ1v) is 14.6. The topological polar surface area (TPSA) is 18.5 Å². The Labute approximate surface area is 214 Å². The first kappa shape index (κ1) is 26.4. The first-order valence-electron chi connectivity index (χ1n) is 14.6. The van der Waals surface area contributed by atoms with Crippen LogP contribution < -0.4 is 0 Å². The lowest BCUT2D eigenvalue weighted by Gasteiger charge is -2.29. The van der Waals surface area contributed by atoms with Crippen LogP contribution in [0.3, 0.4) is 0 Å². The van der Waals surface area contributed by atoms with E-state index >= 15 is 0 Å². The van der Waals surface area contributed by atoms with Gasteiger partial charge in [0, 0.05) is 11.5 Å². The lowest BCUT2D eigenvalue weighted by atomic mass is 9.76. The number of rotatable bonds is 11. The molecule has 1 aliphatic carbocycles. The molecular formula is C33H48O2. The Morgan fingerprint density at radius 3 is 2.03 bits per heavy atom. The molecule has 0 N–H and O–H groups in total. The summed E-state index contributed by atoms with van der Waals surface area (Å²) in [7, 11) is 0. The highest BCUT2D eigenvalue weighted by molar-refractivity contribution is 5.68. The molecule has 35 heavy (non-hydrogen) atoms. The molecule has 0 amide bonds. The van der Waals surface area contributed by atoms with Crippen molar-refractivity contribution in [2.75, 3.05) is 13.2 Å². The van der Waals surface area contributed by atoms with Crippen molar-refractivity contribution < 1.29 is 9.47 Å². The average molecular weight is 477 g/mol. The van der Waals surface area contributed by atoms with Gasteiger partial charge in [-0.2, -0.15) is 0 Å². The van der Waals surface area contributed by atoms with Crippen molar-refractivity contribution in [2.24, 2.45) is 11.8 Å². The van der Waals surface area contributed by atoms with E-state index in [4.69, 9.17) is 9.47 Å². The third-order valence-electron chi connectivity index (χ3n) is 8.44. The maximum absolute atomic E-state index is 6.00. The number of benzene rings is 2. The Morgan fingerprint density at radius 1 is 0.686 bits per heavy atom. The molecular weight excluding hydrogens is 428 g/mol. The minimum Gasteiger partial charge on any atom is -0.348 e. The zero-order valence-corrected chi connectivity index (χ0v) is 22.6. The molecule has 0 aromatic heterocycles. The zero-order chi connectivity index (χ0) is 24.5. The minimum absolute atomic E-state index is 0.216. The van der Waals surface area contributed by atoms with Crippen LogP contribution in [-0.4, -0.2) is 13.2 Å². The van der Waals surface area contributed by atoms with E-state index in [9.17, 15) is 0 Å². The van der Waals surface area contributed by atoms with E-state index < -0.39 is 0 Å². The summed E-state index contributed by atoms with van der Waals surface area (Å²) < 4.78 is 12.0. The molecule has 1 aliphatic heterocycles. The lowest BCUT2D eigenvalue weighted by Crippen LogP contribution is -2.26. The van der Waals surface area contributed by atoms with Crippen LogP contribution in [0, 0.1) is 18.8 Å². The van der Waals surface area contributed by atoms with Crippen LogP contribution in [0.5, 0.6) is 0 Å². The fraction of sp³-hybridized carbons (Fsp3) is 0.636. The molecule has 0 bridgehead atoms. The van der Waals surface area contributed by atoms with E-state index in [1.54, 1.807) is 5.56 Å². The molecule has 2 fully saturated rings. The second-order valence-electron chi connectivity index (χ2n) is 11.3. The van der Waals surface area contributed by atoms with Crippen LogP contribution in [0.4, 0.5) is 0 Å². The number of aryl methyl sites for hydroxylation is 1. The predicted octanol–water partition coefficient (Wildman–Crippen LogP) is 9.76. The van der Waals surface area contributed by atoms with Crippen molar-refractivity contribution in [3.05, 3.63) is 59.2 Å². The Morgan fingerprint density at radius 2 is 1.37 bits per heavy atom. The third kappa shape index (κ3) is 7.43. The van der Waals surface area contributed by atoms with Crippen LogP contribution in [0.15, 0.2) is 42.5 Å². The number of hydrogen-bond donors (Lipinski definition) is 0. The highest BCUT2D eigenvalue weighted by atomic mass is 16.7. The quantitative estimate of drug-likeness (QED) is 0.300. The molecule has 0 radical (unpaired) electrons. The van der Waals surface area contributed by atoms with Crippen molar-refractivity contribution in [1.29, 1.82) is 0 Å². The van der Waals surface area contributed by atoms with Gasteiger partial charge in [-0.05, 0) is 73.1 Å². The lowest BCUT2D eigenvalue weighted by molar-refractivity contribution is -0.206. The molecule has 1 heterocycles. The van der Waals surface area contributed by atoms with E-state index in [2.05, 4.69) is 63.2 Å². The SMILES string of the molecule is CCCCCCCC1CCC(c2ccc(-c3ccc(C4OCC(CCC)CO4)cc3)c(C)c2)CC1. The fourth-order valence-corrected chi connectivity index (χ4v) is 6.22. The molecule has 1 saturated carbocycles. The Bertz CT molecular complexity index is 870. The molecule has 0 unspecified atom stereocenters. The van der Waals surface area contributed by atoms with Gasteiger partial charge in [0.1, 0.15) is 0 Å². The zero-order valence-electron chi connectivity index (χ0n) is 22.6. The minimum atomic E-state index is -0.216. The third-order valence-corrected chi connectivity index (χ3v) is 8.44. The van der Waals surface area contributed by atoms with Gasteiger partial charge < -0.3 is 9.47 Å².